The Kier molecular flexibility index (Phi) is 5.65. The molecule has 0 atom stereocenters. The fraction of sp³-hybridized carbons (Fsp3) is 0.190. The molecule has 1 amide bonds. The first-order valence-corrected chi connectivity index (χ1v) is 8.24. The zero-order valence-corrected chi connectivity index (χ0v) is 14.2. The molecule has 0 unspecified atom stereocenters. The Bertz CT molecular complexity index is 819. The maximum absolute atomic E-state index is 12.6. The fourth-order valence-electron chi connectivity index (χ4n) is 2.62. The molecule has 128 valence electrons. The van der Waals surface area contributed by atoms with Gasteiger partial charge in [-0.3, -0.25) is 4.79 Å². The van der Waals surface area contributed by atoms with Crippen molar-refractivity contribution in [2.24, 2.45) is 0 Å². The number of carbonyl (C=O) groups is 1. The molecule has 1 aromatic heterocycles. The fourth-order valence-corrected chi connectivity index (χ4v) is 2.62. The Morgan fingerprint density at radius 1 is 1.12 bits per heavy atom. The molecule has 0 radical (unpaired) electrons. The average Bonchev–Trinajstić information content (AvgIpc) is 3.07. The van der Waals surface area contributed by atoms with Crippen LogP contribution in [-0.2, 0) is 16.1 Å². The molecule has 0 aliphatic rings. The van der Waals surface area contributed by atoms with Crippen molar-refractivity contribution < 1.29 is 13.9 Å². The van der Waals surface area contributed by atoms with Gasteiger partial charge in [0.2, 0.25) is 5.91 Å². The van der Waals surface area contributed by atoms with Crippen LogP contribution < -0.4 is 0 Å². The van der Waals surface area contributed by atoms with E-state index in [1.165, 1.54) is 0 Å². The number of ether oxygens (including phenoxy) is 1. The molecule has 0 aliphatic carbocycles. The second-order valence-corrected chi connectivity index (χ2v) is 5.76. The number of furan rings is 1. The number of nitrogens with zero attached hydrogens (tertiary/aromatic N) is 1. The first-order chi connectivity index (χ1) is 12.3. The number of para-hydroxylation sites is 1. The summed E-state index contributed by atoms with van der Waals surface area (Å²) in [6.07, 6.45) is 3.27. The van der Waals surface area contributed by atoms with Crippen molar-refractivity contribution in [2.45, 2.75) is 6.54 Å². The molecular formula is C21H21NO3. The second kappa shape index (κ2) is 8.31. The number of benzene rings is 2. The summed E-state index contributed by atoms with van der Waals surface area (Å²) in [6, 6.07) is 19.6. The van der Waals surface area contributed by atoms with Gasteiger partial charge in [0.1, 0.15) is 11.3 Å². The van der Waals surface area contributed by atoms with E-state index in [2.05, 4.69) is 0 Å². The van der Waals surface area contributed by atoms with E-state index in [4.69, 9.17) is 9.15 Å². The highest BCUT2D eigenvalue weighted by molar-refractivity contribution is 5.92. The van der Waals surface area contributed by atoms with Gasteiger partial charge in [-0.15, -0.1) is 0 Å². The molecule has 0 aliphatic heterocycles. The van der Waals surface area contributed by atoms with E-state index >= 15 is 0 Å². The Labute approximate surface area is 147 Å². The van der Waals surface area contributed by atoms with E-state index in [0.29, 0.717) is 25.5 Å². The number of amides is 1. The highest BCUT2D eigenvalue weighted by Gasteiger charge is 2.11. The highest BCUT2D eigenvalue weighted by Crippen LogP contribution is 2.19. The van der Waals surface area contributed by atoms with Crippen LogP contribution >= 0.6 is 0 Å². The predicted octanol–water partition coefficient (Wildman–Crippen LogP) is 4.12. The lowest BCUT2D eigenvalue weighted by Gasteiger charge is -2.21. The number of hydrogen-bond acceptors (Lipinski definition) is 3. The summed E-state index contributed by atoms with van der Waals surface area (Å²) < 4.78 is 10.8. The quantitative estimate of drug-likeness (QED) is 0.610. The maximum Gasteiger partial charge on any atom is 0.247 e. The van der Waals surface area contributed by atoms with E-state index in [1.807, 2.05) is 60.7 Å². The first-order valence-electron chi connectivity index (χ1n) is 8.24. The molecule has 0 saturated carbocycles. The lowest BCUT2D eigenvalue weighted by Crippen LogP contribution is -2.32. The topological polar surface area (TPSA) is 42.7 Å². The smallest absolute Gasteiger partial charge is 0.247 e. The van der Waals surface area contributed by atoms with Crippen LogP contribution in [0.15, 0.2) is 71.2 Å². The van der Waals surface area contributed by atoms with Crippen molar-refractivity contribution in [2.75, 3.05) is 20.3 Å². The normalized spacial score (nSPS) is 11.2. The van der Waals surface area contributed by atoms with Crippen molar-refractivity contribution >= 4 is 23.0 Å². The third-order valence-electron chi connectivity index (χ3n) is 3.93. The van der Waals surface area contributed by atoms with Crippen LogP contribution in [0.2, 0.25) is 0 Å². The molecule has 0 saturated heterocycles. The number of fused-ring (bicyclic) bond motifs is 1. The Morgan fingerprint density at radius 3 is 2.64 bits per heavy atom. The number of carbonyl (C=O) groups excluding carboxylic acids is 1. The lowest BCUT2D eigenvalue weighted by atomic mass is 10.2. The molecule has 4 heteroatoms. The third kappa shape index (κ3) is 4.58. The van der Waals surface area contributed by atoms with Gasteiger partial charge in [0.15, 0.2) is 0 Å². The molecule has 4 nitrogen and oxygen atoms in total. The molecule has 0 fully saturated rings. The van der Waals surface area contributed by atoms with Gasteiger partial charge in [0, 0.05) is 31.7 Å². The van der Waals surface area contributed by atoms with E-state index in [1.54, 1.807) is 24.2 Å². The van der Waals surface area contributed by atoms with Gasteiger partial charge in [-0.05, 0) is 23.8 Å². The third-order valence-corrected chi connectivity index (χ3v) is 3.93. The average molecular weight is 335 g/mol. The SMILES string of the molecule is COCCN(Cc1ccccc1)C(=O)/C=C/c1cc2ccccc2o1. The van der Waals surface area contributed by atoms with Crippen molar-refractivity contribution in [3.8, 4) is 0 Å². The molecule has 0 N–H and O–H groups in total. The lowest BCUT2D eigenvalue weighted by molar-refractivity contribution is -0.127. The second-order valence-electron chi connectivity index (χ2n) is 5.76. The minimum atomic E-state index is -0.0682. The molecule has 2 aromatic carbocycles. The summed E-state index contributed by atoms with van der Waals surface area (Å²) in [5, 5.41) is 1.02. The summed E-state index contributed by atoms with van der Waals surface area (Å²) in [4.78, 5) is 14.3. The van der Waals surface area contributed by atoms with Gasteiger partial charge in [0.05, 0.1) is 6.61 Å². The molecule has 3 rings (SSSR count). The van der Waals surface area contributed by atoms with Crippen molar-refractivity contribution in [3.05, 3.63) is 78.1 Å². The van der Waals surface area contributed by atoms with Gasteiger partial charge < -0.3 is 14.1 Å². The number of rotatable bonds is 7. The van der Waals surface area contributed by atoms with Crippen LogP contribution in [0.3, 0.4) is 0 Å². The standard InChI is InChI=1S/C21H21NO3/c1-24-14-13-22(16-17-7-3-2-4-8-17)21(23)12-11-19-15-18-9-5-6-10-20(18)25-19/h2-12,15H,13-14,16H2,1H3/b12-11+. The van der Waals surface area contributed by atoms with E-state index in [-0.39, 0.29) is 5.91 Å². The molecule has 0 bridgehead atoms. The van der Waals surface area contributed by atoms with Crippen LogP contribution in [-0.4, -0.2) is 31.1 Å². The summed E-state index contributed by atoms with van der Waals surface area (Å²) in [5.41, 5.74) is 1.90. The Morgan fingerprint density at radius 2 is 1.88 bits per heavy atom. The van der Waals surface area contributed by atoms with Crippen LogP contribution in [0.25, 0.3) is 17.0 Å². The van der Waals surface area contributed by atoms with Crippen molar-refractivity contribution in [1.82, 2.24) is 4.90 Å². The van der Waals surface area contributed by atoms with Gasteiger partial charge >= 0.3 is 0 Å². The Hall–Kier alpha value is -2.85. The van der Waals surface area contributed by atoms with E-state index < -0.39 is 0 Å². The summed E-state index contributed by atoms with van der Waals surface area (Å²) in [5.74, 6) is 0.599. The first kappa shape index (κ1) is 17.0. The molecular weight excluding hydrogens is 314 g/mol. The van der Waals surface area contributed by atoms with Crippen LogP contribution in [0.4, 0.5) is 0 Å². The minimum Gasteiger partial charge on any atom is -0.457 e. The van der Waals surface area contributed by atoms with Crippen molar-refractivity contribution in [3.63, 3.8) is 0 Å². The summed E-state index contributed by atoms with van der Waals surface area (Å²) >= 11 is 0. The number of hydrogen-bond donors (Lipinski definition) is 0. The van der Waals surface area contributed by atoms with Gasteiger partial charge in [-0.2, -0.15) is 0 Å². The van der Waals surface area contributed by atoms with Crippen molar-refractivity contribution in [1.29, 1.82) is 0 Å². The molecule has 3 aromatic rings. The van der Waals surface area contributed by atoms with Crippen LogP contribution in [0, 0.1) is 0 Å². The summed E-state index contributed by atoms with van der Waals surface area (Å²) in [6.45, 7) is 1.58. The molecule has 1 heterocycles. The summed E-state index contributed by atoms with van der Waals surface area (Å²) in [7, 11) is 1.63. The molecule has 0 spiro atoms. The van der Waals surface area contributed by atoms with Gasteiger partial charge in [-0.1, -0.05) is 48.5 Å². The number of methoxy groups -OCH3 is 1. The van der Waals surface area contributed by atoms with E-state index in [0.717, 1.165) is 16.5 Å². The van der Waals surface area contributed by atoms with Crippen LogP contribution in [0.1, 0.15) is 11.3 Å². The highest BCUT2D eigenvalue weighted by atomic mass is 16.5. The minimum absolute atomic E-state index is 0.0682. The molecule has 25 heavy (non-hydrogen) atoms. The predicted molar refractivity (Wildman–Crippen MR) is 99.0 cm³/mol. The zero-order chi connectivity index (χ0) is 17.5. The van der Waals surface area contributed by atoms with E-state index in [9.17, 15) is 4.79 Å². The van der Waals surface area contributed by atoms with Gasteiger partial charge in [-0.25, -0.2) is 0 Å². The maximum atomic E-state index is 12.6. The van der Waals surface area contributed by atoms with Crippen LogP contribution in [0.5, 0.6) is 0 Å². The Balaban J connectivity index is 1.72. The monoisotopic (exact) mass is 335 g/mol. The zero-order valence-electron chi connectivity index (χ0n) is 14.2. The van der Waals surface area contributed by atoms with Gasteiger partial charge in [0.25, 0.3) is 0 Å². The largest absolute Gasteiger partial charge is 0.457 e.